The van der Waals surface area contributed by atoms with Gasteiger partial charge in [0.15, 0.2) is 0 Å². The summed E-state index contributed by atoms with van der Waals surface area (Å²) < 4.78 is 11.6. The first-order valence-electron chi connectivity index (χ1n) is 12.7. The fraction of sp³-hybridized carbons (Fsp3) is 0.300. The van der Waals surface area contributed by atoms with Crippen LogP contribution in [0.5, 0.6) is 11.5 Å². The highest BCUT2D eigenvalue weighted by molar-refractivity contribution is 6.46. The van der Waals surface area contributed by atoms with Crippen molar-refractivity contribution in [1.82, 2.24) is 9.88 Å². The molecule has 1 fully saturated rings. The third kappa shape index (κ3) is 4.94. The number of ether oxygens (including phenoxy) is 2. The van der Waals surface area contributed by atoms with Crippen molar-refractivity contribution in [1.29, 1.82) is 0 Å². The topological polar surface area (TPSA) is 89.0 Å². The lowest BCUT2D eigenvalue weighted by molar-refractivity contribution is -0.140. The van der Waals surface area contributed by atoms with E-state index in [0.29, 0.717) is 29.9 Å². The van der Waals surface area contributed by atoms with Crippen LogP contribution in [0.2, 0.25) is 0 Å². The Kier molecular flexibility index (Phi) is 6.95. The number of aliphatic hydroxyl groups is 1. The maximum absolute atomic E-state index is 13.4. The van der Waals surface area contributed by atoms with Crippen LogP contribution in [0.1, 0.15) is 55.0 Å². The predicted molar refractivity (Wildman–Crippen MR) is 139 cm³/mol. The highest BCUT2D eigenvalue weighted by Crippen LogP contribution is 2.41. The lowest BCUT2D eigenvalue weighted by Gasteiger charge is -2.25. The number of pyridine rings is 1. The van der Waals surface area contributed by atoms with Gasteiger partial charge >= 0.3 is 0 Å². The highest BCUT2D eigenvalue weighted by Gasteiger charge is 2.46. The summed E-state index contributed by atoms with van der Waals surface area (Å²) in [5.74, 6) is -0.0651. The summed E-state index contributed by atoms with van der Waals surface area (Å²) >= 11 is 0. The summed E-state index contributed by atoms with van der Waals surface area (Å²) in [4.78, 5) is 32.3. The zero-order valence-corrected chi connectivity index (χ0v) is 21.0. The molecule has 2 aliphatic heterocycles. The number of unbranched alkanes of at least 4 members (excludes halogenated alkanes) is 1. The summed E-state index contributed by atoms with van der Waals surface area (Å²) in [6.45, 7) is 4.89. The van der Waals surface area contributed by atoms with E-state index in [2.05, 4.69) is 11.9 Å². The van der Waals surface area contributed by atoms with E-state index in [0.717, 1.165) is 29.7 Å². The van der Waals surface area contributed by atoms with Crippen LogP contribution in [0, 0.1) is 0 Å². The number of hydrogen-bond acceptors (Lipinski definition) is 6. The average Bonchev–Trinajstić information content (AvgIpc) is 3.40. The molecule has 0 saturated carbocycles. The molecule has 0 bridgehead atoms. The molecular weight excluding hydrogens is 468 g/mol. The van der Waals surface area contributed by atoms with Crippen LogP contribution in [-0.4, -0.2) is 39.4 Å². The zero-order chi connectivity index (χ0) is 25.9. The van der Waals surface area contributed by atoms with Crippen LogP contribution in [0.3, 0.4) is 0 Å². The van der Waals surface area contributed by atoms with Crippen molar-refractivity contribution in [3.8, 4) is 11.5 Å². The average molecular weight is 499 g/mol. The summed E-state index contributed by atoms with van der Waals surface area (Å²) in [5.41, 5.74) is 3.02. The zero-order valence-electron chi connectivity index (χ0n) is 21.0. The first-order chi connectivity index (χ1) is 18.0. The third-order valence-electron chi connectivity index (χ3n) is 6.75. The molecule has 37 heavy (non-hydrogen) atoms. The number of rotatable bonds is 8. The van der Waals surface area contributed by atoms with Crippen molar-refractivity contribution in [3.63, 3.8) is 0 Å². The number of hydrogen-bond donors (Lipinski definition) is 1. The number of carbonyl (C=O) groups excluding carboxylic acids is 2. The lowest BCUT2D eigenvalue weighted by atomic mass is 9.94. The van der Waals surface area contributed by atoms with Gasteiger partial charge in [-0.05, 0) is 66.4 Å². The van der Waals surface area contributed by atoms with Gasteiger partial charge in [-0.3, -0.25) is 14.6 Å². The van der Waals surface area contributed by atoms with Crippen LogP contribution in [0.15, 0.2) is 72.6 Å². The van der Waals surface area contributed by atoms with Crippen molar-refractivity contribution >= 4 is 17.4 Å². The SMILES string of the molecule is CCCCOc1ccc([C@H]2C(=C(O)c3ccc4c(c3)C[C@H](C)O4)C(=O)C(=O)N2Cc2cccnc2)cc1. The molecule has 1 aromatic heterocycles. The van der Waals surface area contributed by atoms with E-state index in [-0.39, 0.29) is 24.0 Å². The second-order valence-corrected chi connectivity index (χ2v) is 9.51. The minimum Gasteiger partial charge on any atom is -0.507 e. The van der Waals surface area contributed by atoms with Crippen LogP contribution in [0.4, 0.5) is 0 Å². The van der Waals surface area contributed by atoms with Crippen molar-refractivity contribution in [2.45, 2.75) is 51.8 Å². The van der Waals surface area contributed by atoms with E-state index in [1.807, 2.05) is 43.3 Å². The van der Waals surface area contributed by atoms with Crippen LogP contribution in [0.25, 0.3) is 5.76 Å². The minimum absolute atomic E-state index is 0.0514. The van der Waals surface area contributed by atoms with Gasteiger partial charge in [0.1, 0.15) is 23.4 Å². The van der Waals surface area contributed by atoms with E-state index in [9.17, 15) is 14.7 Å². The largest absolute Gasteiger partial charge is 0.507 e. The fourth-order valence-corrected chi connectivity index (χ4v) is 4.88. The number of ketones is 1. The van der Waals surface area contributed by atoms with E-state index >= 15 is 0 Å². The monoisotopic (exact) mass is 498 g/mol. The number of fused-ring (bicyclic) bond motifs is 1. The van der Waals surface area contributed by atoms with E-state index in [4.69, 9.17) is 9.47 Å². The molecule has 2 atom stereocenters. The van der Waals surface area contributed by atoms with Gasteiger partial charge < -0.3 is 19.5 Å². The van der Waals surface area contributed by atoms with Gasteiger partial charge in [0.25, 0.3) is 11.7 Å². The molecule has 5 rings (SSSR count). The molecule has 2 aromatic carbocycles. The Morgan fingerprint density at radius 2 is 1.97 bits per heavy atom. The van der Waals surface area contributed by atoms with Crippen molar-refractivity contribution in [2.75, 3.05) is 6.61 Å². The van der Waals surface area contributed by atoms with Crippen molar-refractivity contribution in [3.05, 3.63) is 94.8 Å². The molecule has 7 nitrogen and oxygen atoms in total. The second kappa shape index (κ2) is 10.5. The molecule has 190 valence electrons. The minimum atomic E-state index is -0.756. The van der Waals surface area contributed by atoms with Gasteiger partial charge in [0.05, 0.1) is 18.2 Å². The van der Waals surface area contributed by atoms with Gasteiger partial charge in [-0.15, -0.1) is 0 Å². The molecular formula is C30H30N2O5. The number of amides is 1. The molecule has 1 N–H and O–H groups in total. The molecule has 0 spiro atoms. The standard InChI is InChI=1S/C30H30N2O5/c1-3-4-14-36-24-10-7-21(8-11-24)27-26(28(33)22-9-12-25-23(16-22)15-19(2)37-25)29(34)30(35)32(27)18-20-6-5-13-31-17-20/h5-13,16-17,19,27,33H,3-4,14-15,18H2,1-2H3/t19-,27-/m0/s1. The molecule has 0 unspecified atom stereocenters. The number of likely N-dealkylation sites (tertiary alicyclic amines) is 1. The molecule has 1 saturated heterocycles. The van der Waals surface area contributed by atoms with Crippen molar-refractivity contribution in [2.24, 2.45) is 0 Å². The Morgan fingerprint density at radius 3 is 2.70 bits per heavy atom. The van der Waals surface area contributed by atoms with Gasteiger partial charge in [0.2, 0.25) is 0 Å². The molecule has 0 radical (unpaired) electrons. The van der Waals surface area contributed by atoms with E-state index in [1.165, 1.54) is 4.90 Å². The second-order valence-electron chi connectivity index (χ2n) is 9.51. The quantitative estimate of drug-likeness (QED) is 0.199. The number of aromatic nitrogens is 1. The molecule has 7 heteroatoms. The Hall–Kier alpha value is -4.13. The summed E-state index contributed by atoms with van der Waals surface area (Å²) in [5, 5.41) is 11.4. The number of nitrogens with zero attached hydrogens (tertiary/aromatic N) is 2. The smallest absolute Gasteiger partial charge is 0.295 e. The Morgan fingerprint density at radius 1 is 1.16 bits per heavy atom. The summed E-state index contributed by atoms with van der Waals surface area (Å²) in [7, 11) is 0. The Balaban J connectivity index is 1.56. The number of Topliss-reactive ketones (excluding diaryl/α,β-unsaturated/α-hetero) is 1. The normalized spacial score (nSPS) is 20.1. The van der Waals surface area contributed by atoms with E-state index < -0.39 is 17.7 Å². The molecule has 3 aromatic rings. The third-order valence-corrected chi connectivity index (χ3v) is 6.75. The predicted octanol–water partition coefficient (Wildman–Crippen LogP) is 5.21. The number of benzene rings is 2. The summed E-state index contributed by atoms with van der Waals surface area (Å²) in [6.07, 6.45) is 6.09. The molecule has 2 aliphatic rings. The lowest BCUT2D eigenvalue weighted by Crippen LogP contribution is -2.29. The first-order valence-corrected chi connectivity index (χ1v) is 12.7. The number of carbonyl (C=O) groups is 2. The maximum Gasteiger partial charge on any atom is 0.295 e. The fourth-order valence-electron chi connectivity index (χ4n) is 4.88. The van der Waals surface area contributed by atoms with Gasteiger partial charge in [0, 0.05) is 30.9 Å². The Bertz CT molecular complexity index is 1330. The maximum atomic E-state index is 13.4. The van der Waals surface area contributed by atoms with Crippen LogP contribution >= 0.6 is 0 Å². The van der Waals surface area contributed by atoms with Gasteiger partial charge in [-0.25, -0.2) is 0 Å². The molecule has 0 aliphatic carbocycles. The van der Waals surface area contributed by atoms with Gasteiger partial charge in [-0.1, -0.05) is 31.5 Å². The Labute approximate surface area is 216 Å². The summed E-state index contributed by atoms with van der Waals surface area (Å²) in [6, 6.07) is 15.6. The molecule has 1 amide bonds. The van der Waals surface area contributed by atoms with Crippen LogP contribution < -0.4 is 9.47 Å². The molecule has 3 heterocycles. The van der Waals surface area contributed by atoms with Crippen LogP contribution in [-0.2, 0) is 22.6 Å². The first kappa shape index (κ1) is 24.6. The highest BCUT2D eigenvalue weighted by atomic mass is 16.5. The van der Waals surface area contributed by atoms with Crippen molar-refractivity contribution < 1.29 is 24.2 Å². The van der Waals surface area contributed by atoms with Gasteiger partial charge in [-0.2, -0.15) is 0 Å². The number of aliphatic hydroxyl groups excluding tert-OH is 1. The van der Waals surface area contributed by atoms with E-state index in [1.54, 1.807) is 30.6 Å².